The molecule has 1 aliphatic rings. The van der Waals surface area contributed by atoms with Crippen LogP contribution >= 0.6 is 11.8 Å². The van der Waals surface area contributed by atoms with Gasteiger partial charge in [-0.1, -0.05) is 63.2 Å². The Hall–Kier alpha value is -2.64. The molecule has 0 aliphatic carbocycles. The maximum absolute atomic E-state index is 13.3. The molecule has 31 heavy (non-hydrogen) atoms. The molecule has 1 unspecified atom stereocenters. The lowest BCUT2D eigenvalue weighted by Gasteiger charge is -2.29. The number of thioether (sulfide) groups is 1. The highest BCUT2D eigenvalue weighted by atomic mass is 32.2. The van der Waals surface area contributed by atoms with Gasteiger partial charge in [0.2, 0.25) is 11.8 Å². The third-order valence-corrected chi connectivity index (χ3v) is 6.35. The Bertz CT molecular complexity index is 1010. The highest BCUT2D eigenvalue weighted by Gasteiger charge is 2.30. The maximum atomic E-state index is 13.3. The summed E-state index contributed by atoms with van der Waals surface area (Å²) >= 11 is 1.29. The summed E-state index contributed by atoms with van der Waals surface area (Å²) in [6.07, 6.45) is 0. The summed E-state index contributed by atoms with van der Waals surface area (Å²) in [6.45, 7) is 8.85. The third-order valence-electron chi connectivity index (χ3n) is 5.27. The number of nitrogens with zero attached hydrogens (tertiary/aromatic N) is 3. The van der Waals surface area contributed by atoms with E-state index in [9.17, 15) is 4.79 Å². The van der Waals surface area contributed by atoms with Crippen LogP contribution in [0.2, 0.25) is 0 Å². The Labute approximate surface area is 187 Å². The second kappa shape index (κ2) is 9.24. The zero-order valence-electron chi connectivity index (χ0n) is 18.1. The van der Waals surface area contributed by atoms with Gasteiger partial charge in [0.05, 0.1) is 13.2 Å². The van der Waals surface area contributed by atoms with Gasteiger partial charge < -0.3 is 14.1 Å². The monoisotopic (exact) mass is 437 g/mol. The molecule has 4 rings (SSSR count). The lowest BCUT2D eigenvalue weighted by Crippen LogP contribution is -2.42. The summed E-state index contributed by atoms with van der Waals surface area (Å²) in [5.74, 6) is 0.488. The second-order valence-corrected chi connectivity index (χ2v) is 9.60. The number of aromatic nitrogens is 2. The number of ether oxygens (including phenoxy) is 1. The van der Waals surface area contributed by atoms with Crippen molar-refractivity contribution < 1.29 is 13.9 Å². The SMILES string of the molecule is CC(C)(C)c1ccc(-c2nnc(SC(C(=O)N3CCOCC3)c3ccccc3)o2)cc1. The Balaban J connectivity index is 1.55. The summed E-state index contributed by atoms with van der Waals surface area (Å²) in [4.78, 5) is 15.1. The molecule has 0 spiro atoms. The average Bonchev–Trinajstić information content (AvgIpc) is 3.26. The molecule has 0 saturated carbocycles. The number of hydrogen-bond acceptors (Lipinski definition) is 6. The molecule has 6 nitrogen and oxygen atoms in total. The molecule has 3 aromatic rings. The highest BCUT2D eigenvalue weighted by molar-refractivity contribution is 8.00. The van der Waals surface area contributed by atoms with Gasteiger partial charge in [-0.15, -0.1) is 10.2 Å². The molecule has 162 valence electrons. The summed E-state index contributed by atoms with van der Waals surface area (Å²) < 4.78 is 11.3. The molecule has 7 heteroatoms. The van der Waals surface area contributed by atoms with Crippen LogP contribution in [0.4, 0.5) is 0 Å². The Morgan fingerprint density at radius 1 is 1.00 bits per heavy atom. The fourth-order valence-corrected chi connectivity index (χ4v) is 4.39. The Morgan fingerprint density at radius 3 is 2.32 bits per heavy atom. The summed E-state index contributed by atoms with van der Waals surface area (Å²) in [5, 5.41) is 8.35. The molecular formula is C24H27N3O3S. The van der Waals surface area contributed by atoms with Crippen LogP contribution in [0.5, 0.6) is 0 Å². The van der Waals surface area contributed by atoms with Crippen molar-refractivity contribution in [2.75, 3.05) is 26.3 Å². The summed E-state index contributed by atoms with van der Waals surface area (Å²) in [7, 11) is 0. The van der Waals surface area contributed by atoms with Crippen LogP contribution < -0.4 is 0 Å². The first-order valence-corrected chi connectivity index (χ1v) is 11.3. The van der Waals surface area contributed by atoms with E-state index >= 15 is 0 Å². The van der Waals surface area contributed by atoms with Gasteiger partial charge in [0.25, 0.3) is 5.22 Å². The van der Waals surface area contributed by atoms with Gasteiger partial charge in [-0.3, -0.25) is 4.79 Å². The van der Waals surface area contributed by atoms with E-state index in [2.05, 4.69) is 43.1 Å². The zero-order chi connectivity index (χ0) is 21.8. The number of hydrogen-bond donors (Lipinski definition) is 0. The van der Waals surface area contributed by atoms with Crippen molar-refractivity contribution in [2.24, 2.45) is 0 Å². The highest BCUT2D eigenvalue weighted by Crippen LogP contribution is 2.37. The molecule has 2 aromatic carbocycles. The number of carbonyl (C=O) groups is 1. The van der Waals surface area contributed by atoms with Crippen molar-refractivity contribution in [1.82, 2.24) is 15.1 Å². The van der Waals surface area contributed by atoms with Crippen molar-refractivity contribution in [3.63, 3.8) is 0 Å². The summed E-state index contributed by atoms with van der Waals surface area (Å²) in [5.41, 5.74) is 3.10. The van der Waals surface area contributed by atoms with Crippen LogP contribution in [0, 0.1) is 0 Å². The predicted octanol–water partition coefficient (Wildman–Crippen LogP) is 4.73. The van der Waals surface area contributed by atoms with Gasteiger partial charge in [0.15, 0.2) is 0 Å². The van der Waals surface area contributed by atoms with Gasteiger partial charge in [-0.25, -0.2) is 0 Å². The Kier molecular flexibility index (Phi) is 6.43. The molecule has 1 amide bonds. The van der Waals surface area contributed by atoms with Gasteiger partial charge in [0.1, 0.15) is 5.25 Å². The molecule has 0 bridgehead atoms. The van der Waals surface area contributed by atoms with E-state index in [0.717, 1.165) is 11.1 Å². The molecule has 2 heterocycles. The van der Waals surface area contributed by atoms with Gasteiger partial charge in [-0.05, 0) is 40.4 Å². The number of rotatable bonds is 5. The van der Waals surface area contributed by atoms with E-state index in [1.165, 1.54) is 17.3 Å². The van der Waals surface area contributed by atoms with E-state index in [-0.39, 0.29) is 11.3 Å². The van der Waals surface area contributed by atoms with E-state index in [0.29, 0.717) is 37.4 Å². The average molecular weight is 438 g/mol. The first-order chi connectivity index (χ1) is 14.9. The lowest BCUT2D eigenvalue weighted by atomic mass is 9.87. The van der Waals surface area contributed by atoms with E-state index in [1.807, 2.05) is 47.4 Å². The first-order valence-electron chi connectivity index (χ1n) is 10.4. The van der Waals surface area contributed by atoms with Crippen molar-refractivity contribution in [3.05, 3.63) is 65.7 Å². The molecule has 0 radical (unpaired) electrons. The largest absolute Gasteiger partial charge is 0.411 e. The van der Waals surface area contributed by atoms with Crippen LogP contribution in [0.15, 0.2) is 64.2 Å². The van der Waals surface area contributed by atoms with Gasteiger partial charge in [-0.2, -0.15) is 0 Å². The molecule has 1 saturated heterocycles. The van der Waals surface area contributed by atoms with Gasteiger partial charge in [0, 0.05) is 18.7 Å². The molecule has 0 N–H and O–H groups in total. The number of benzene rings is 2. The minimum atomic E-state index is -0.448. The normalized spacial score (nSPS) is 15.6. The van der Waals surface area contributed by atoms with Crippen LogP contribution in [0.3, 0.4) is 0 Å². The topological polar surface area (TPSA) is 68.5 Å². The number of amides is 1. The number of morpholine rings is 1. The minimum Gasteiger partial charge on any atom is -0.411 e. The van der Waals surface area contributed by atoms with Crippen LogP contribution in [-0.2, 0) is 14.9 Å². The fraction of sp³-hybridized carbons (Fsp3) is 0.375. The quantitative estimate of drug-likeness (QED) is 0.538. The van der Waals surface area contributed by atoms with Gasteiger partial charge >= 0.3 is 0 Å². The molecule has 1 aromatic heterocycles. The minimum absolute atomic E-state index is 0.0359. The fourth-order valence-electron chi connectivity index (χ4n) is 3.43. The van der Waals surface area contributed by atoms with E-state index in [1.54, 1.807) is 0 Å². The van der Waals surface area contributed by atoms with Crippen molar-refractivity contribution in [3.8, 4) is 11.5 Å². The first kappa shape index (κ1) is 21.6. The molecular weight excluding hydrogens is 410 g/mol. The molecule has 1 fully saturated rings. The summed E-state index contributed by atoms with van der Waals surface area (Å²) in [6, 6.07) is 17.9. The Morgan fingerprint density at radius 2 is 1.68 bits per heavy atom. The maximum Gasteiger partial charge on any atom is 0.277 e. The van der Waals surface area contributed by atoms with Crippen LogP contribution in [0.25, 0.3) is 11.5 Å². The molecule has 1 atom stereocenters. The standard InChI is InChI=1S/C24H27N3O3S/c1-24(2,3)19-11-9-18(10-12-19)21-25-26-23(30-21)31-20(17-7-5-4-6-8-17)22(28)27-13-15-29-16-14-27/h4-12,20H,13-16H2,1-3H3. The van der Waals surface area contributed by atoms with Crippen molar-refractivity contribution in [2.45, 2.75) is 36.7 Å². The zero-order valence-corrected chi connectivity index (χ0v) is 18.9. The molecule has 1 aliphatic heterocycles. The van der Waals surface area contributed by atoms with E-state index < -0.39 is 5.25 Å². The van der Waals surface area contributed by atoms with Crippen LogP contribution in [0.1, 0.15) is 37.1 Å². The van der Waals surface area contributed by atoms with E-state index in [4.69, 9.17) is 9.15 Å². The predicted molar refractivity (Wildman–Crippen MR) is 121 cm³/mol. The van der Waals surface area contributed by atoms with Crippen molar-refractivity contribution in [1.29, 1.82) is 0 Å². The lowest BCUT2D eigenvalue weighted by molar-refractivity contribution is -0.134. The third kappa shape index (κ3) is 5.17. The second-order valence-electron chi connectivity index (χ2n) is 8.55. The van der Waals surface area contributed by atoms with Crippen LogP contribution in [-0.4, -0.2) is 47.3 Å². The smallest absolute Gasteiger partial charge is 0.277 e. The number of carbonyl (C=O) groups excluding carboxylic acids is 1. The van der Waals surface area contributed by atoms with Crippen molar-refractivity contribution >= 4 is 17.7 Å².